The molecule has 1 aliphatic heterocycles. The van der Waals surface area contributed by atoms with Gasteiger partial charge in [-0.2, -0.15) is 0 Å². The first-order valence-electron chi connectivity index (χ1n) is 8.57. The smallest absolute Gasteiger partial charge is 0.318 e. The number of urea groups is 1. The number of hydrogen-bond acceptors (Lipinski definition) is 2. The summed E-state index contributed by atoms with van der Waals surface area (Å²) < 4.78 is 0. The molecular formula is C18H25N3O2. The van der Waals surface area contributed by atoms with Gasteiger partial charge in [0.05, 0.1) is 6.04 Å². The third-order valence-electron chi connectivity index (χ3n) is 4.76. The molecule has 1 aliphatic carbocycles. The normalized spacial score (nSPS) is 19.3. The summed E-state index contributed by atoms with van der Waals surface area (Å²) in [5.74, 6) is -0.0842. The molecule has 23 heavy (non-hydrogen) atoms. The van der Waals surface area contributed by atoms with Crippen LogP contribution in [0.5, 0.6) is 0 Å². The predicted molar refractivity (Wildman–Crippen MR) is 89.2 cm³/mol. The second-order valence-electron chi connectivity index (χ2n) is 6.53. The molecule has 5 heteroatoms. The standard InChI is InChI=1S/C18H25N3O2/c1-13(15-8-7-14-5-2-3-6-16(14)11-15)20-18(23)21-10-4-9-19-17(22)12-21/h7-8,11,13H,2-6,9-10,12H2,1H3,(H,19,22)(H,20,23)/t13-/m1/s1. The second-order valence-corrected chi connectivity index (χ2v) is 6.53. The van der Waals surface area contributed by atoms with Crippen LogP contribution in [0.1, 0.15) is 48.9 Å². The fourth-order valence-corrected chi connectivity index (χ4v) is 3.36. The maximum absolute atomic E-state index is 12.4. The monoisotopic (exact) mass is 315 g/mol. The highest BCUT2D eigenvalue weighted by Gasteiger charge is 2.21. The molecule has 2 aliphatic rings. The Balaban J connectivity index is 1.65. The Bertz CT molecular complexity index is 600. The van der Waals surface area contributed by atoms with E-state index in [1.54, 1.807) is 4.90 Å². The molecule has 3 rings (SSSR count). The van der Waals surface area contributed by atoms with Gasteiger partial charge in [-0.1, -0.05) is 18.2 Å². The highest BCUT2D eigenvalue weighted by atomic mass is 16.2. The van der Waals surface area contributed by atoms with Crippen molar-refractivity contribution in [3.05, 3.63) is 34.9 Å². The van der Waals surface area contributed by atoms with Gasteiger partial charge in [0, 0.05) is 13.1 Å². The molecule has 0 spiro atoms. The topological polar surface area (TPSA) is 61.4 Å². The van der Waals surface area contributed by atoms with Gasteiger partial charge in [0.1, 0.15) is 6.54 Å². The maximum Gasteiger partial charge on any atom is 0.318 e. The first-order valence-corrected chi connectivity index (χ1v) is 8.57. The number of fused-ring (bicyclic) bond motifs is 1. The number of carbonyl (C=O) groups excluding carboxylic acids is 2. The van der Waals surface area contributed by atoms with E-state index in [9.17, 15) is 9.59 Å². The molecule has 0 aromatic heterocycles. The number of hydrogen-bond donors (Lipinski definition) is 2. The zero-order valence-corrected chi connectivity index (χ0v) is 13.7. The molecule has 1 heterocycles. The zero-order chi connectivity index (χ0) is 16.2. The first-order chi connectivity index (χ1) is 11.1. The average molecular weight is 315 g/mol. The lowest BCUT2D eigenvalue weighted by atomic mass is 9.89. The van der Waals surface area contributed by atoms with Gasteiger partial charge in [-0.05, 0) is 55.7 Å². The number of nitrogens with zero attached hydrogens (tertiary/aromatic N) is 1. The van der Waals surface area contributed by atoms with Gasteiger partial charge in [-0.3, -0.25) is 4.79 Å². The van der Waals surface area contributed by atoms with E-state index in [-0.39, 0.29) is 24.5 Å². The van der Waals surface area contributed by atoms with Crippen LogP contribution < -0.4 is 10.6 Å². The fraction of sp³-hybridized carbons (Fsp3) is 0.556. The summed E-state index contributed by atoms with van der Waals surface area (Å²) >= 11 is 0. The first kappa shape index (κ1) is 15.8. The van der Waals surface area contributed by atoms with E-state index in [1.807, 2.05) is 6.92 Å². The molecule has 2 N–H and O–H groups in total. The number of aryl methyl sites for hydroxylation is 2. The summed E-state index contributed by atoms with van der Waals surface area (Å²) in [6.45, 7) is 3.40. The van der Waals surface area contributed by atoms with Crippen LogP contribution in [0, 0.1) is 0 Å². The van der Waals surface area contributed by atoms with Gasteiger partial charge in [-0.25, -0.2) is 4.79 Å². The average Bonchev–Trinajstić information content (AvgIpc) is 2.79. The predicted octanol–water partition coefficient (Wildman–Crippen LogP) is 2.16. The second kappa shape index (κ2) is 7.02. The number of amides is 3. The molecule has 124 valence electrons. The molecule has 0 bridgehead atoms. The molecule has 0 unspecified atom stereocenters. The summed E-state index contributed by atoms with van der Waals surface area (Å²) in [4.78, 5) is 25.6. The Kier molecular flexibility index (Phi) is 4.84. The zero-order valence-electron chi connectivity index (χ0n) is 13.7. The van der Waals surface area contributed by atoms with Gasteiger partial charge in [0.15, 0.2) is 0 Å². The van der Waals surface area contributed by atoms with Crippen LogP contribution in [-0.4, -0.2) is 36.5 Å². The van der Waals surface area contributed by atoms with E-state index < -0.39 is 0 Å². The van der Waals surface area contributed by atoms with Gasteiger partial charge in [-0.15, -0.1) is 0 Å². The van der Waals surface area contributed by atoms with Crippen LogP contribution >= 0.6 is 0 Å². The van der Waals surface area contributed by atoms with Gasteiger partial charge >= 0.3 is 6.03 Å². The Labute approximate surface area is 137 Å². The number of carbonyl (C=O) groups is 2. The van der Waals surface area contributed by atoms with Crippen LogP contribution in [0.2, 0.25) is 0 Å². The third kappa shape index (κ3) is 3.84. The minimum atomic E-state index is -0.160. The Hall–Kier alpha value is -2.04. The van der Waals surface area contributed by atoms with Crippen LogP contribution in [0.4, 0.5) is 4.79 Å². The van der Waals surface area contributed by atoms with Crippen LogP contribution in [-0.2, 0) is 17.6 Å². The SMILES string of the molecule is C[C@@H](NC(=O)N1CCCNC(=O)C1)c1ccc2c(c1)CCCC2. The summed E-state index contributed by atoms with van der Waals surface area (Å²) in [5.41, 5.74) is 4.00. The van der Waals surface area contributed by atoms with Gasteiger partial charge in [0.2, 0.25) is 5.91 Å². The highest BCUT2D eigenvalue weighted by molar-refractivity contribution is 5.84. The van der Waals surface area contributed by atoms with Crippen molar-refractivity contribution < 1.29 is 9.59 Å². The van der Waals surface area contributed by atoms with E-state index in [0.29, 0.717) is 13.1 Å². The van der Waals surface area contributed by atoms with Crippen molar-refractivity contribution in [3.63, 3.8) is 0 Å². The van der Waals surface area contributed by atoms with Crippen molar-refractivity contribution >= 4 is 11.9 Å². The maximum atomic E-state index is 12.4. The van der Waals surface area contributed by atoms with Gasteiger partial charge < -0.3 is 15.5 Å². The molecule has 5 nitrogen and oxygen atoms in total. The lowest BCUT2D eigenvalue weighted by molar-refractivity contribution is -0.121. The molecule has 0 radical (unpaired) electrons. The van der Waals surface area contributed by atoms with Crippen molar-refractivity contribution in [2.45, 2.75) is 45.1 Å². The minimum Gasteiger partial charge on any atom is -0.354 e. The quantitative estimate of drug-likeness (QED) is 0.878. The molecule has 1 fully saturated rings. The van der Waals surface area contributed by atoms with Crippen LogP contribution in [0.15, 0.2) is 18.2 Å². The largest absolute Gasteiger partial charge is 0.354 e. The van der Waals surface area contributed by atoms with E-state index in [4.69, 9.17) is 0 Å². The minimum absolute atomic E-state index is 0.0546. The Morgan fingerprint density at radius 3 is 2.83 bits per heavy atom. The van der Waals surface area contributed by atoms with Gasteiger partial charge in [0.25, 0.3) is 0 Å². The van der Waals surface area contributed by atoms with Crippen LogP contribution in [0.3, 0.4) is 0 Å². The molecule has 3 amide bonds. The number of nitrogens with one attached hydrogen (secondary N) is 2. The number of rotatable bonds is 2. The molecule has 1 atom stereocenters. The summed E-state index contributed by atoms with van der Waals surface area (Å²) in [7, 11) is 0. The van der Waals surface area contributed by atoms with E-state index in [2.05, 4.69) is 28.8 Å². The molecule has 0 saturated carbocycles. The van der Waals surface area contributed by atoms with Crippen molar-refractivity contribution in [1.29, 1.82) is 0 Å². The van der Waals surface area contributed by atoms with Crippen molar-refractivity contribution in [1.82, 2.24) is 15.5 Å². The lowest BCUT2D eigenvalue weighted by Gasteiger charge is -2.24. The fourth-order valence-electron chi connectivity index (χ4n) is 3.36. The van der Waals surface area contributed by atoms with Crippen molar-refractivity contribution in [3.8, 4) is 0 Å². The Morgan fingerprint density at radius 1 is 1.22 bits per heavy atom. The van der Waals surface area contributed by atoms with E-state index in [0.717, 1.165) is 18.4 Å². The third-order valence-corrected chi connectivity index (χ3v) is 4.76. The molecule has 1 aromatic rings. The molecular weight excluding hydrogens is 290 g/mol. The highest BCUT2D eigenvalue weighted by Crippen LogP contribution is 2.24. The molecule has 1 saturated heterocycles. The Morgan fingerprint density at radius 2 is 2.00 bits per heavy atom. The number of benzene rings is 1. The summed E-state index contributed by atoms with van der Waals surface area (Å²) in [5, 5.41) is 5.82. The van der Waals surface area contributed by atoms with Crippen molar-refractivity contribution in [2.24, 2.45) is 0 Å². The lowest BCUT2D eigenvalue weighted by Crippen LogP contribution is -2.44. The van der Waals surface area contributed by atoms with Crippen molar-refractivity contribution in [2.75, 3.05) is 19.6 Å². The van der Waals surface area contributed by atoms with E-state index in [1.165, 1.54) is 30.4 Å². The molecule has 1 aromatic carbocycles. The van der Waals surface area contributed by atoms with E-state index >= 15 is 0 Å². The summed E-state index contributed by atoms with van der Waals surface area (Å²) in [6.07, 6.45) is 5.62. The van der Waals surface area contributed by atoms with Crippen LogP contribution in [0.25, 0.3) is 0 Å². The summed E-state index contributed by atoms with van der Waals surface area (Å²) in [6, 6.07) is 6.33.